The van der Waals surface area contributed by atoms with E-state index in [0.717, 1.165) is 12.8 Å². The first kappa shape index (κ1) is 29.5. The zero-order valence-electron chi connectivity index (χ0n) is 19.8. The summed E-state index contributed by atoms with van der Waals surface area (Å²) >= 11 is 1.51. The second kappa shape index (κ2) is 14.0. The number of fused-ring (bicyclic) bond motifs is 3. The number of halogens is 2. The van der Waals surface area contributed by atoms with Gasteiger partial charge in [0.05, 0.1) is 0 Å². The SMILES string of the molecule is CC(C)(C)C1=CC[C-]=C1.C[C](=[Zr+2])c1ccccc1.Cl.Cl.[c-]1cccc2c1Cc1ccccc1-2. The summed E-state index contributed by atoms with van der Waals surface area (Å²) in [6, 6.07) is 28.6. The van der Waals surface area contributed by atoms with E-state index >= 15 is 0 Å². The van der Waals surface area contributed by atoms with Crippen molar-refractivity contribution in [2.75, 3.05) is 0 Å². The fourth-order valence-electron chi connectivity index (χ4n) is 3.61. The third-order valence-corrected chi connectivity index (χ3v) is 6.10. The molecule has 0 atom stereocenters. The van der Waals surface area contributed by atoms with E-state index in [1.165, 1.54) is 60.8 Å². The van der Waals surface area contributed by atoms with Gasteiger partial charge in [0.25, 0.3) is 0 Å². The largest absolute Gasteiger partial charge is 0.179 e. The van der Waals surface area contributed by atoms with E-state index in [1.54, 1.807) is 0 Å². The van der Waals surface area contributed by atoms with Crippen LogP contribution in [0.5, 0.6) is 0 Å². The summed E-state index contributed by atoms with van der Waals surface area (Å²) in [6.45, 7) is 8.83. The molecule has 3 aromatic rings. The van der Waals surface area contributed by atoms with Crippen LogP contribution in [-0.2, 0) is 30.7 Å². The third kappa shape index (κ3) is 8.64. The predicted octanol–water partition coefficient (Wildman–Crippen LogP) is 8.40. The molecule has 33 heavy (non-hydrogen) atoms. The summed E-state index contributed by atoms with van der Waals surface area (Å²) in [4.78, 5) is 0. The third-order valence-electron chi connectivity index (χ3n) is 5.39. The van der Waals surface area contributed by atoms with Crippen molar-refractivity contribution in [3.8, 4) is 11.1 Å². The van der Waals surface area contributed by atoms with Gasteiger partial charge >= 0.3 is 70.3 Å². The molecule has 0 nitrogen and oxygen atoms in total. The molecule has 0 unspecified atom stereocenters. The molecular formula is C30H32Cl2Zr. The fraction of sp³-hybridized carbons (Fsp3) is 0.233. The Hall–Kier alpha value is -1.53. The Labute approximate surface area is 227 Å². The average molecular weight is 555 g/mol. The van der Waals surface area contributed by atoms with Crippen LogP contribution in [0.4, 0.5) is 0 Å². The van der Waals surface area contributed by atoms with Crippen LogP contribution in [0.25, 0.3) is 11.1 Å². The van der Waals surface area contributed by atoms with E-state index in [1.807, 2.05) is 12.1 Å². The van der Waals surface area contributed by atoms with Gasteiger partial charge in [0, 0.05) is 0 Å². The second-order valence-electron chi connectivity index (χ2n) is 8.85. The molecule has 0 aromatic heterocycles. The first-order valence-electron chi connectivity index (χ1n) is 10.8. The molecule has 0 N–H and O–H groups in total. The van der Waals surface area contributed by atoms with Crippen LogP contribution in [0.1, 0.15) is 50.8 Å². The molecular weight excluding hydrogens is 522 g/mol. The monoisotopic (exact) mass is 552 g/mol. The van der Waals surface area contributed by atoms with Gasteiger partial charge in [0.2, 0.25) is 0 Å². The number of rotatable bonds is 1. The number of hydrogen-bond donors (Lipinski definition) is 0. The summed E-state index contributed by atoms with van der Waals surface area (Å²) in [7, 11) is 0. The summed E-state index contributed by atoms with van der Waals surface area (Å²) in [6.07, 6.45) is 9.55. The molecule has 0 saturated heterocycles. The zero-order valence-corrected chi connectivity index (χ0v) is 23.9. The van der Waals surface area contributed by atoms with E-state index in [4.69, 9.17) is 0 Å². The fourth-order valence-corrected chi connectivity index (χ4v) is 4.01. The van der Waals surface area contributed by atoms with Crippen molar-refractivity contribution < 1.29 is 24.2 Å². The van der Waals surface area contributed by atoms with Crippen molar-refractivity contribution in [3.63, 3.8) is 0 Å². The van der Waals surface area contributed by atoms with Gasteiger partial charge in [0.1, 0.15) is 0 Å². The van der Waals surface area contributed by atoms with E-state index in [-0.39, 0.29) is 24.8 Å². The minimum atomic E-state index is 0. The maximum atomic E-state index is 3.30. The van der Waals surface area contributed by atoms with Gasteiger partial charge in [-0.15, -0.1) is 36.8 Å². The maximum absolute atomic E-state index is 3.30. The molecule has 170 valence electrons. The Morgan fingerprint density at radius 2 is 1.48 bits per heavy atom. The number of benzene rings is 3. The van der Waals surface area contributed by atoms with Crippen molar-refractivity contribution in [2.45, 2.75) is 40.5 Å². The normalized spacial score (nSPS) is 12.4. The Morgan fingerprint density at radius 1 is 0.848 bits per heavy atom. The second-order valence-corrected chi connectivity index (χ2v) is 10.7. The van der Waals surface area contributed by atoms with Gasteiger partial charge in [-0.1, -0.05) is 61.6 Å². The summed E-state index contributed by atoms with van der Waals surface area (Å²) < 4.78 is 1.46. The van der Waals surface area contributed by atoms with Crippen molar-refractivity contribution in [2.24, 2.45) is 5.41 Å². The van der Waals surface area contributed by atoms with Crippen molar-refractivity contribution in [1.29, 1.82) is 0 Å². The van der Waals surface area contributed by atoms with Gasteiger partial charge in [-0.3, -0.25) is 6.08 Å². The minimum Gasteiger partial charge on any atom is -0.179 e. The van der Waals surface area contributed by atoms with Gasteiger partial charge in [-0.05, 0) is 6.42 Å². The first-order valence-corrected chi connectivity index (χ1v) is 12.0. The zero-order chi connectivity index (χ0) is 22.3. The van der Waals surface area contributed by atoms with Gasteiger partial charge in [0.15, 0.2) is 0 Å². The van der Waals surface area contributed by atoms with E-state index in [9.17, 15) is 0 Å². The standard InChI is InChI=1S/C13H9.C9H13.C8H8.2ClH.Zr/c1-3-7-12-10(5-1)9-11-6-2-4-8-13(11)12;1-9(2,3)8-6-4-5-7-8;1-2-8-6-4-3-5-7-8;;;/h1-5,7-8H,9H2;6-7H,4H2,1-3H3;3-7H,1H3;2*1H;/q2*-1;;;;+2. The average Bonchev–Trinajstić information content (AvgIpc) is 3.43. The molecule has 0 amide bonds. The quantitative estimate of drug-likeness (QED) is 0.207. The molecule has 0 radical (unpaired) electrons. The Kier molecular flexibility index (Phi) is 12.5. The van der Waals surface area contributed by atoms with Crippen LogP contribution in [0.3, 0.4) is 0 Å². The predicted molar refractivity (Wildman–Crippen MR) is 144 cm³/mol. The molecule has 0 fully saturated rings. The van der Waals surface area contributed by atoms with E-state index < -0.39 is 0 Å². The smallest absolute Gasteiger partial charge is 0.0253 e. The van der Waals surface area contributed by atoms with Crippen molar-refractivity contribution >= 4 is 28.0 Å². The Bertz CT molecular complexity index is 1050. The van der Waals surface area contributed by atoms with Crippen LogP contribution in [0, 0.1) is 17.6 Å². The van der Waals surface area contributed by atoms with E-state index in [2.05, 4.69) is 113 Å². The van der Waals surface area contributed by atoms with Crippen LogP contribution in [0.2, 0.25) is 0 Å². The molecule has 2 aliphatic carbocycles. The molecule has 0 saturated carbocycles. The number of allylic oxidation sites excluding steroid dienone is 4. The van der Waals surface area contributed by atoms with Crippen LogP contribution >= 0.6 is 24.8 Å². The Balaban J connectivity index is 0.000000247. The molecule has 2 aliphatic rings. The van der Waals surface area contributed by atoms with Crippen LogP contribution < -0.4 is 0 Å². The summed E-state index contributed by atoms with van der Waals surface area (Å²) in [5.74, 6) is 0. The summed E-state index contributed by atoms with van der Waals surface area (Å²) in [5, 5.41) is 0. The molecule has 0 heterocycles. The molecule has 0 aliphatic heterocycles. The summed E-state index contributed by atoms with van der Waals surface area (Å²) in [5.41, 5.74) is 8.62. The molecule has 3 heteroatoms. The van der Waals surface area contributed by atoms with Crippen LogP contribution in [-0.4, -0.2) is 3.21 Å². The molecule has 3 aromatic carbocycles. The topological polar surface area (TPSA) is 0 Å². The van der Waals surface area contributed by atoms with Gasteiger partial charge in [-0.25, -0.2) is 6.08 Å². The van der Waals surface area contributed by atoms with Gasteiger partial charge < -0.3 is 0 Å². The molecule has 5 rings (SSSR count). The van der Waals surface area contributed by atoms with Crippen LogP contribution in [0.15, 0.2) is 90.5 Å². The maximum Gasteiger partial charge on any atom is -0.0253 e. The molecule has 0 spiro atoms. The van der Waals surface area contributed by atoms with Crippen molar-refractivity contribution in [3.05, 3.63) is 119 Å². The van der Waals surface area contributed by atoms with E-state index in [0.29, 0.717) is 5.41 Å². The molecule has 0 bridgehead atoms. The van der Waals surface area contributed by atoms with Crippen molar-refractivity contribution in [1.82, 2.24) is 0 Å². The number of hydrogen-bond acceptors (Lipinski definition) is 0. The van der Waals surface area contributed by atoms with Gasteiger partial charge in [-0.2, -0.15) is 41.5 Å². The minimum absolute atomic E-state index is 0. The first-order chi connectivity index (χ1) is 14.9. The Morgan fingerprint density at radius 3 is 2.03 bits per heavy atom.